The van der Waals surface area contributed by atoms with Gasteiger partial charge in [0.15, 0.2) is 0 Å². The van der Waals surface area contributed by atoms with Gasteiger partial charge in [-0.05, 0) is 49.7 Å². The molecule has 0 aliphatic heterocycles. The van der Waals surface area contributed by atoms with Gasteiger partial charge in [0.05, 0.1) is 23.3 Å². The first-order chi connectivity index (χ1) is 15.1. The van der Waals surface area contributed by atoms with Gasteiger partial charge in [0.1, 0.15) is 11.4 Å². The molecule has 0 bridgehead atoms. The Kier molecular flexibility index (Phi) is 5.38. The molecular weight excluding hydrogens is 419 g/mol. The topological polar surface area (TPSA) is 64.8 Å². The summed E-state index contributed by atoms with van der Waals surface area (Å²) in [6.45, 7) is 3.58. The second kappa shape index (κ2) is 8.03. The number of halogens is 3. The largest absolute Gasteiger partial charge is 0.433 e. The molecule has 0 aliphatic carbocycles. The van der Waals surface area contributed by atoms with Crippen LogP contribution in [-0.4, -0.2) is 20.3 Å². The molecule has 0 radical (unpaired) electrons. The molecule has 5 nitrogen and oxygen atoms in total. The third kappa shape index (κ3) is 4.03. The van der Waals surface area contributed by atoms with Crippen molar-refractivity contribution in [2.45, 2.75) is 26.6 Å². The summed E-state index contributed by atoms with van der Waals surface area (Å²) in [6.07, 6.45) is -3.20. The van der Waals surface area contributed by atoms with Crippen LogP contribution in [0.5, 0.6) is 0 Å². The van der Waals surface area contributed by atoms with Crippen molar-refractivity contribution in [1.82, 2.24) is 14.5 Å². The van der Waals surface area contributed by atoms with Gasteiger partial charge in [0.2, 0.25) is 11.2 Å². The monoisotopic (exact) mass is 437 g/mol. The van der Waals surface area contributed by atoms with Crippen LogP contribution in [0, 0.1) is 13.8 Å². The molecule has 0 aliphatic rings. The molecule has 3 aromatic heterocycles. The number of pyridine rings is 3. The highest BCUT2D eigenvalue weighted by Crippen LogP contribution is 2.27. The molecule has 0 fully saturated rings. The number of aryl methyl sites for hydroxylation is 2. The number of carbonyl (C=O) groups excluding carboxylic acids is 1. The van der Waals surface area contributed by atoms with Crippen molar-refractivity contribution < 1.29 is 18.0 Å². The van der Waals surface area contributed by atoms with Gasteiger partial charge in [-0.2, -0.15) is 13.2 Å². The minimum atomic E-state index is -4.57. The molecule has 3 heterocycles. The van der Waals surface area contributed by atoms with Crippen molar-refractivity contribution in [3.63, 3.8) is 0 Å². The van der Waals surface area contributed by atoms with E-state index in [-0.39, 0.29) is 28.9 Å². The molecule has 4 aromatic rings. The highest BCUT2D eigenvalue weighted by molar-refractivity contribution is 6.09. The standard InChI is InChI=1S/C24H18F3N3O2/c1-14-10-11-19(28-15(14)2)23(32)18-13-30(20-8-4-3-7-17(20)22(18)31)12-16-6-5-9-21(29-16)24(25,26)27/h3-11,13H,12H2,1-2H3. The zero-order chi connectivity index (χ0) is 23.0. The van der Waals surface area contributed by atoms with Gasteiger partial charge in [-0.3, -0.25) is 9.59 Å². The first-order valence-corrected chi connectivity index (χ1v) is 9.79. The summed E-state index contributed by atoms with van der Waals surface area (Å²) in [5.41, 5.74) is 0.779. The lowest BCUT2D eigenvalue weighted by molar-refractivity contribution is -0.141. The van der Waals surface area contributed by atoms with Gasteiger partial charge in [-0.15, -0.1) is 0 Å². The van der Waals surface area contributed by atoms with Gasteiger partial charge < -0.3 is 4.57 Å². The van der Waals surface area contributed by atoms with E-state index >= 15 is 0 Å². The molecule has 0 spiro atoms. The SMILES string of the molecule is Cc1ccc(C(=O)c2cn(Cc3cccc(C(F)(F)F)n3)c3ccccc3c2=O)nc1C. The number of para-hydroxylation sites is 1. The zero-order valence-corrected chi connectivity index (χ0v) is 17.3. The maximum absolute atomic E-state index is 13.1. The molecule has 1 aromatic carbocycles. The fraction of sp³-hybridized carbons (Fsp3) is 0.167. The van der Waals surface area contributed by atoms with Crippen LogP contribution in [0.3, 0.4) is 0 Å². The third-order valence-electron chi connectivity index (χ3n) is 5.24. The third-order valence-corrected chi connectivity index (χ3v) is 5.24. The molecule has 0 atom stereocenters. The summed E-state index contributed by atoms with van der Waals surface area (Å²) in [5.74, 6) is -0.547. The van der Waals surface area contributed by atoms with Crippen molar-refractivity contribution in [1.29, 1.82) is 0 Å². The number of ketones is 1. The Morgan fingerprint density at radius 1 is 0.969 bits per heavy atom. The molecule has 0 saturated heterocycles. The summed E-state index contributed by atoms with van der Waals surface area (Å²) in [7, 11) is 0. The van der Waals surface area contributed by atoms with Crippen molar-refractivity contribution in [3.05, 3.63) is 105 Å². The first-order valence-electron chi connectivity index (χ1n) is 9.79. The second-order valence-electron chi connectivity index (χ2n) is 7.46. The minimum absolute atomic E-state index is 0.0503. The molecule has 0 saturated carbocycles. The van der Waals surface area contributed by atoms with E-state index < -0.39 is 23.1 Å². The number of nitrogens with zero attached hydrogens (tertiary/aromatic N) is 3. The van der Waals surface area contributed by atoms with Gasteiger partial charge >= 0.3 is 6.18 Å². The lowest BCUT2D eigenvalue weighted by Gasteiger charge is -2.14. The Morgan fingerprint density at radius 3 is 2.44 bits per heavy atom. The summed E-state index contributed by atoms with van der Waals surface area (Å²) >= 11 is 0. The van der Waals surface area contributed by atoms with Crippen LogP contribution in [0.25, 0.3) is 10.9 Å². The molecule has 4 rings (SSSR count). The fourth-order valence-corrected chi connectivity index (χ4v) is 3.43. The number of alkyl halides is 3. The van der Waals surface area contributed by atoms with Crippen molar-refractivity contribution in [3.8, 4) is 0 Å². The minimum Gasteiger partial charge on any atom is -0.340 e. The highest BCUT2D eigenvalue weighted by Gasteiger charge is 2.32. The van der Waals surface area contributed by atoms with E-state index in [0.717, 1.165) is 11.6 Å². The van der Waals surface area contributed by atoms with E-state index in [9.17, 15) is 22.8 Å². The number of rotatable bonds is 4. The average Bonchev–Trinajstić information content (AvgIpc) is 2.77. The number of hydrogen-bond acceptors (Lipinski definition) is 4. The quantitative estimate of drug-likeness (QED) is 0.434. The molecule has 0 amide bonds. The Balaban J connectivity index is 1.85. The zero-order valence-electron chi connectivity index (χ0n) is 17.3. The molecule has 162 valence electrons. The van der Waals surface area contributed by atoms with E-state index in [1.807, 2.05) is 6.92 Å². The Labute approximate surface area is 181 Å². The van der Waals surface area contributed by atoms with Gasteiger partial charge in [-0.25, -0.2) is 9.97 Å². The number of benzene rings is 1. The normalized spacial score (nSPS) is 11.7. The van der Waals surface area contributed by atoms with E-state index in [2.05, 4.69) is 9.97 Å². The highest BCUT2D eigenvalue weighted by atomic mass is 19.4. The Hall–Kier alpha value is -3.81. The first kappa shape index (κ1) is 21.4. The van der Waals surface area contributed by atoms with Crippen LogP contribution in [0.2, 0.25) is 0 Å². The van der Waals surface area contributed by atoms with Crippen LogP contribution >= 0.6 is 0 Å². The van der Waals surface area contributed by atoms with E-state index in [1.165, 1.54) is 18.3 Å². The Morgan fingerprint density at radius 2 is 1.72 bits per heavy atom. The smallest absolute Gasteiger partial charge is 0.340 e. The molecule has 8 heteroatoms. The number of fused-ring (bicyclic) bond motifs is 1. The van der Waals surface area contributed by atoms with E-state index in [4.69, 9.17) is 0 Å². The van der Waals surface area contributed by atoms with Crippen LogP contribution in [0.1, 0.15) is 38.7 Å². The van der Waals surface area contributed by atoms with Crippen LogP contribution in [0.4, 0.5) is 13.2 Å². The lowest BCUT2D eigenvalue weighted by Crippen LogP contribution is -2.21. The maximum atomic E-state index is 13.1. The van der Waals surface area contributed by atoms with Crippen molar-refractivity contribution in [2.24, 2.45) is 0 Å². The molecule has 0 N–H and O–H groups in total. The van der Waals surface area contributed by atoms with Crippen LogP contribution in [0.15, 0.2) is 65.6 Å². The average molecular weight is 437 g/mol. The number of hydrogen-bond donors (Lipinski definition) is 0. The number of aromatic nitrogens is 3. The number of carbonyl (C=O) groups is 1. The lowest BCUT2D eigenvalue weighted by atomic mass is 10.0. The second-order valence-corrected chi connectivity index (χ2v) is 7.46. The van der Waals surface area contributed by atoms with Crippen LogP contribution < -0.4 is 5.43 Å². The summed E-state index contributed by atoms with van der Waals surface area (Å²) < 4.78 is 40.8. The maximum Gasteiger partial charge on any atom is 0.433 e. The van der Waals surface area contributed by atoms with Gasteiger partial charge in [0, 0.05) is 17.3 Å². The van der Waals surface area contributed by atoms with E-state index in [0.29, 0.717) is 11.2 Å². The predicted octanol–water partition coefficient (Wildman–Crippen LogP) is 4.71. The van der Waals surface area contributed by atoms with Crippen LogP contribution in [-0.2, 0) is 12.7 Å². The van der Waals surface area contributed by atoms with Gasteiger partial charge in [0.25, 0.3) is 0 Å². The summed E-state index contributed by atoms with van der Waals surface area (Å²) in [6, 6.07) is 13.6. The predicted molar refractivity (Wildman–Crippen MR) is 114 cm³/mol. The van der Waals surface area contributed by atoms with Crippen molar-refractivity contribution >= 4 is 16.7 Å². The Bertz CT molecular complexity index is 1410. The molecular formula is C24H18F3N3O2. The van der Waals surface area contributed by atoms with Crippen molar-refractivity contribution in [2.75, 3.05) is 0 Å². The fourth-order valence-electron chi connectivity index (χ4n) is 3.43. The molecule has 32 heavy (non-hydrogen) atoms. The van der Waals surface area contributed by atoms with E-state index in [1.54, 1.807) is 47.9 Å². The summed E-state index contributed by atoms with van der Waals surface area (Å²) in [4.78, 5) is 34.2. The van der Waals surface area contributed by atoms with Gasteiger partial charge in [-0.1, -0.05) is 24.3 Å². The molecule has 0 unspecified atom stereocenters. The summed E-state index contributed by atoms with van der Waals surface area (Å²) in [5, 5.41) is 0.286.